The molecule has 2 heterocycles. The molecule has 0 unspecified atom stereocenters. The molecule has 1 aromatic heterocycles. The molecule has 0 aromatic carbocycles. The first-order valence-corrected chi connectivity index (χ1v) is 9.48. The van der Waals surface area contributed by atoms with Gasteiger partial charge in [-0.15, -0.1) is 0 Å². The van der Waals surface area contributed by atoms with Gasteiger partial charge in [0.05, 0.1) is 0 Å². The molecule has 120 valence electrons. The molecule has 1 N–H and O–H groups in total. The Bertz CT molecular complexity index is 625. The van der Waals surface area contributed by atoms with Crippen LogP contribution < -0.4 is 4.87 Å². The molecular weight excluding hydrogens is 310 g/mol. The quantitative estimate of drug-likeness (QED) is 0.876. The van der Waals surface area contributed by atoms with E-state index in [2.05, 4.69) is 23.7 Å². The molecule has 1 aliphatic heterocycles. The van der Waals surface area contributed by atoms with Crippen molar-refractivity contribution in [1.29, 1.82) is 0 Å². The van der Waals surface area contributed by atoms with E-state index in [1.165, 1.54) is 4.31 Å². The number of nitrogens with zero attached hydrogens (tertiary/aromatic N) is 2. The van der Waals surface area contributed by atoms with Crippen molar-refractivity contribution in [2.75, 3.05) is 32.7 Å². The average Bonchev–Trinajstić information content (AvgIpc) is 2.76. The number of aromatic amines is 1. The molecule has 0 spiro atoms. The predicted octanol–water partition coefficient (Wildman–Crippen LogP) is 1.10. The zero-order valence-corrected chi connectivity index (χ0v) is 14.4. The lowest BCUT2D eigenvalue weighted by Gasteiger charge is -2.34. The van der Waals surface area contributed by atoms with Crippen molar-refractivity contribution >= 4 is 21.4 Å². The third-order valence-electron chi connectivity index (χ3n) is 3.71. The number of hydrogen-bond donors (Lipinski definition) is 1. The fourth-order valence-corrected chi connectivity index (χ4v) is 5.25. The van der Waals surface area contributed by atoms with Gasteiger partial charge in [-0.05, 0) is 25.8 Å². The van der Waals surface area contributed by atoms with E-state index in [9.17, 15) is 13.2 Å². The topological polar surface area (TPSA) is 73.5 Å². The summed E-state index contributed by atoms with van der Waals surface area (Å²) in [7, 11) is -3.53. The molecule has 1 aromatic rings. The molecule has 2 rings (SSSR count). The Hall–Kier alpha value is -0.700. The number of piperazine rings is 1. The van der Waals surface area contributed by atoms with E-state index < -0.39 is 10.0 Å². The highest BCUT2D eigenvalue weighted by atomic mass is 32.2. The second-order valence-electron chi connectivity index (χ2n) is 5.86. The van der Waals surface area contributed by atoms with Gasteiger partial charge in [0.15, 0.2) is 4.21 Å². The number of sulfonamides is 1. The number of thiazole rings is 1. The van der Waals surface area contributed by atoms with E-state index >= 15 is 0 Å². The lowest BCUT2D eigenvalue weighted by Crippen LogP contribution is -2.48. The lowest BCUT2D eigenvalue weighted by atomic mass is 10.1. The fraction of sp³-hybridized carbons (Fsp3) is 0.769. The summed E-state index contributed by atoms with van der Waals surface area (Å²) in [4.78, 5) is 15.8. The summed E-state index contributed by atoms with van der Waals surface area (Å²) in [6.45, 7) is 9.52. The highest BCUT2D eigenvalue weighted by Crippen LogP contribution is 2.22. The maximum atomic E-state index is 12.6. The van der Waals surface area contributed by atoms with Crippen molar-refractivity contribution in [1.82, 2.24) is 14.2 Å². The summed E-state index contributed by atoms with van der Waals surface area (Å²) >= 11 is 0.776. The highest BCUT2D eigenvalue weighted by Gasteiger charge is 2.31. The van der Waals surface area contributed by atoms with Crippen LogP contribution in [0.3, 0.4) is 0 Å². The Labute approximate surface area is 129 Å². The average molecular weight is 333 g/mol. The predicted molar refractivity (Wildman–Crippen MR) is 84.3 cm³/mol. The molecule has 21 heavy (non-hydrogen) atoms. The van der Waals surface area contributed by atoms with Crippen LogP contribution in [0.1, 0.15) is 26.0 Å². The first kappa shape index (κ1) is 16.7. The van der Waals surface area contributed by atoms with Crippen molar-refractivity contribution in [2.24, 2.45) is 5.92 Å². The van der Waals surface area contributed by atoms with Crippen LogP contribution in [0.15, 0.2) is 9.00 Å². The van der Waals surface area contributed by atoms with Gasteiger partial charge in [-0.2, -0.15) is 4.31 Å². The molecular formula is C13H23N3O3S2. The van der Waals surface area contributed by atoms with Gasteiger partial charge in [-0.25, -0.2) is 8.42 Å². The Balaban J connectivity index is 2.01. The summed E-state index contributed by atoms with van der Waals surface area (Å²) in [6, 6.07) is 0. The van der Waals surface area contributed by atoms with E-state index in [4.69, 9.17) is 0 Å². The van der Waals surface area contributed by atoms with Crippen LogP contribution in [0, 0.1) is 12.8 Å². The molecule has 0 bridgehead atoms. The summed E-state index contributed by atoms with van der Waals surface area (Å²) in [6.07, 6.45) is 1.13. The molecule has 1 aliphatic rings. The lowest BCUT2D eigenvalue weighted by molar-refractivity contribution is 0.181. The Morgan fingerprint density at radius 1 is 1.24 bits per heavy atom. The molecule has 0 aliphatic carbocycles. The third kappa shape index (κ3) is 3.94. The number of aromatic nitrogens is 1. The molecule has 0 amide bonds. The third-order valence-corrected chi connectivity index (χ3v) is 7.19. The van der Waals surface area contributed by atoms with Crippen molar-refractivity contribution in [3.8, 4) is 0 Å². The molecule has 6 nitrogen and oxygen atoms in total. The van der Waals surface area contributed by atoms with Gasteiger partial charge in [0.1, 0.15) is 0 Å². The molecule has 0 atom stereocenters. The molecule has 0 saturated carbocycles. The van der Waals surface area contributed by atoms with Gasteiger partial charge in [0.25, 0.3) is 10.0 Å². The van der Waals surface area contributed by atoms with Gasteiger partial charge in [-0.3, -0.25) is 4.79 Å². The van der Waals surface area contributed by atoms with Crippen LogP contribution in [0.5, 0.6) is 0 Å². The minimum Gasteiger partial charge on any atom is -0.315 e. The second kappa shape index (κ2) is 6.60. The van der Waals surface area contributed by atoms with Gasteiger partial charge in [0.2, 0.25) is 0 Å². The zero-order valence-electron chi connectivity index (χ0n) is 12.8. The summed E-state index contributed by atoms with van der Waals surface area (Å²) in [5.41, 5.74) is 0.437. The van der Waals surface area contributed by atoms with Crippen LogP contribution in [0.4, 0.5) is 0 Å². The number of aryl methyl sites for hydroxylation is 1. The molecule has 0 radical (unpaired) electrons. The summed E-state index contributed by atoms with van der Waals surface area (Å²) < 4.78 is 26.8. The minimum absolute atomic E-state index is 0.156. The smallest absolute Gasteiger partial charge is 0.305 e. The van der Waals surface area contributed by atoms with Gasteiger partial charge in [-0.1, -0.05) is 25.2 Å². The number of rotatable bonds is 5. The van der Waals surface area contributed by atoms with Crippen LogP contribution in [-0.2, 0) is 10.0 Å². The zero-order chi connectivity index (χ0) is 15.6. The van der Waals surface area contributed by atoms with E-state index in [-0.39, 0.29) is 9.08 Å². The van der Waals surface area contributed by atoms with Crippen molar-refractivity contribution in [3.05, 3.63) is 15.4 Å². The normalized spacial score (nSPS) is 18.5. The molecule has 1 fully saturated rings. The van der Waals surface area contributed by atoms with Crippen LogP contribution in [-0.4, -0.2) is 55.3 Å². The van der Waals surface area contributed by atoms with Gasteiger partial charge >= 0.3 is 4.87 Å². The number of nitrogens with one attached hydrogen (secondary N) is 1. The van der Waals surface area contributed by atoms with E-state index in [0.29, 0.717) is 24.7 Å². The minimum atomic E-state index is -3.53. The SMILES string of the molecule is Cc1[nH]c(=O)sc1S(=O)(=O)N1CCN(CCC(C)C)CC1. The number of hydrogen-bond acceptors (Lipinski definition) is 5. The largest absolute Gasteiger partial charge is 0.315 e. The van der Waals surface area contributed by atoms with E-state index in [1.807, 2.05) is 0 Å². The van der Waals surface area contributed by atoms with E-state index in [0.717, 1.165) is 37.4 Å². The Kier molecular flexibility index (Phi) is 5.24. The standard InChI is InChI=1S/C13H23N3O3S2/c1-10(2)4-5-15-6-8-16(9-7-15)21(18,19)12-11(3)14-13(17)20-12/h10H,4-9H2,1-3H3,(H,14,17). The van der Waals surface area contributed by atoms with Crippen molar-refractivity contribution < 1.29 is 8.42 Å². The van der Waals surface area contributed by atoms with Crippen LogP contribution in [0.25, 0.3) is 0 Å². The number of H-pyrrole nitrogens is 1. The first-order valence-electron chi connectivity index (χ1n) is 7.23. The maximum absolute atomic E-state index is 12.6. The van der Waals surface area contributed by atoms with Crippen LogP contribution in [0.2, 0.25) is 0 Å². The Morgan fingerprint density at radius 2 is 1.86 bits per heavy atom. The van der Waals surface area contributed by atoms with E-state index in [1.54, 1.807) is 6.92 Å². The molecule has 8 heteroatoms. The summed E-state index contributed by atoms with van der Waals surface area (Å²) in [5, 5.41) is 0. The van der Waals surface area contributed by atoms with Crippen molar-refractivity contribution in [3.63, 3.8) is 0 Å². The first-order chi connectivity index (χ1) is 9.80. The monoisotopic (exact) mass is 333 g/mol. The second-order valence-corrected chi connectivity index (χ2v) is 8.97. The van der Waals surface area contributed by atoms with Gasteiger partial charge in [0, 0.05) is 31.9 Å². The Morgan fingerprint density at radius 3 is 2.33 bits per heavy atom. The highest BCUT2D eigenvalue weighted by molar-refractivity contribution is 7.91. The fourth-order valence-electron chi connectivity index (χ4n) is 2.39. The summed E-state index contributed by atoms with van der Waals surface area (Å²) in [5.74, 6) is 0.659. The molecule has 1 saturated heterocycles. The van der Waals surface area contributed by atoms with Crippen molar-refractivity contribution in [2.45, 2.75) is 31.4 Å². The maximum Gasteiger partial charge on any atom is 0.305 e. The van der Waals surface area contributed by atoms with Gasteiger partial charge < -0.3 is 9.88 Å². The van der Waals surface area contributed by atoms with Crippen LogP contribution >= 0.6 is 11.3 Å².